The SMILES string of the molecule is O.c1ccc(N(NN2CCCCC2)c2ccccc2)cc1. The van der Waals surface area contributed by atoms with Crippen LogP contribution in [-0.2, 0) is 0 Å². The van der Waals surface area contributed by atoms with Crippen LogP contribution in [0, 0.1) is 0 Å². The lowest BCUT2D eigenvalue weighted by Crippen LogP contribution is -2.49. The topological polar surface area (TPSA) is 50.0 Å². The zero-order valence-electron chi connectivity index (χ0n) is 12.2. The minimum atomic E-state index is 0. The van der Waals surface area contributed by atoms with Crippen molar-refractivity contribution in [3.05, 3.63) is 60.7 Å². The second kappa shape index (κ2) is 7.78. The number of anilines is 2. The van der Waals surface area contributed by atoms with Gasteiger partial charge in [-0.3, -0.25) is 5.01 Å². The van der Waals surface area contributed by atoms with Gasteiger partial charge in [0.15, 0.2) is 0 Å². The normalized spacial score (nSPS) is 15.2. The minimum Gasteiger partial charge on any atom is -0.412 e. The Morgan fingerprint density at radius 3 is 1.67 bits per heavy atom. The first kappa shape index (κ1) is 15.5. The Kier molecular flexibility index (Phi) is 5.75. The summed E-state index contributed by atoms with van der Waals surface area (Å²) < 4.78 is 0. The summed E-state index contributed by atoms with van der Waals surface area (Å²) in [5, 5.41) is 4.47. The summed E-state index contributed by atoms with van der Waals surface area (Å²) in [6, 6.07) is 20.9. The standard InChI is InChI=1S/C17H21N3.H2O/c1-4-10-16(11-5-1)20(17-12-6-2-7-13-17)18-19-14-8-3-9-15-19;/h1-2,4-7,10-13,18H,3,8-9,14-15H2;1H2. The molecule has 1 aliphatic heterocycles. The molecule has 0 aromatic heterocycles. The molecule has 0 atom stereocenters. The van der Waals surface area contributed by atoms with E-state index in [1.165, 1.54) is 19.3 Å². The number of hydrogen-bond acceptors (Lipinski definition) is 3. The predicted molar refractivity (Wildman–Crippen MR) is 87.2 cm³/mol. The lowest BCUT2D eigenvalue weighted by Gasteiger charge is -2.34. The zero-order valence-corrected chi connectivity index (χ0v) is 12.2. The van der Waals surface area contributed by atoms with Crippen molar-refractivity contribution in [2.24, 2.45) is 0 Å². The van der Waals surface area contributed by atoms with E-state index in [2.05, 4.69) is 64.1 Å². The molecule has 1 heterocycles. The van der Waals surface area contributed by atoms with E-state index in [1.807, 2.05) is 12.1 Å². The van der Waals surface area contributed by atoms with Crippen LogP contribution in [0.5, 0.6) is 0 Å². The molecule has 21 heavy (non-hydrogen) atoms. The van der Waals surface area contributed by atoms with E-state index in [0.717, 1.165) is 24.5 Å². The molecule has 1 fully saturated rings. The van der Waals surface area contributed by atoms with Gasteiger partial charge in [-0.05, 0) is 37.1 Å². The second-order valence-electron chi connectivity index (χ2n) is 5.15. The molecule has 0 radical (unpaired) electrons. The van der Waals surface area contributed by atoms with E-state index in [9.17, 15) is 0 Å². The molecule has 0 unspecified atom stereocenters. The first-order chi connectivity index (χ1) is 9.93. The molecule has 0 aliphatic carbocycles. The largest absolute Gasteiger partial charge is 0.412 e. The first-order valence-electron chi connectivity index (χ1n) is 7.35. The monoisotopic (exact) mass is 285 g/mol. The molecule has 0 amide bonds. The zero-order chi connectivity index (χ0) is 13.6. The summed E-state index contributed by atoms with van der Waals surface area (Å²) in [5.74, 6) is 0. The van der Waals surface area contributed by atoms with Gasteiger partial charge in [-0.2, -0.15) is 5.53 Å². The van der Waals surface area contributed by atoms with Crippen molar-refractivity contribution >= 4 is 11.4 Å². The van der Waals surface area contributed by atoms with Gasteiger partial charge in [-0.15, -0.1) is 0 Å². The number of rotatable bonds is 4. The van der Waals surface area contributed by atoms with Gasteiger partial charge in [-0.1, -0.05) is 42.8 Å². The highest BCUT2D eigenvalue weighted by Crippen LogP contribution is 2.23. The maximum Gasteiger partial charge on any atom is 0.0591 e. The predicted octanol–water partition coefficient (Wildman–Crippen LogP) is 2.91. The van der Waals surface area contributed by atoms with Crippen molar-refractivity contribution in [2.45, 2.75) is 19.3 Å². The van der Waals surface area contributed by atoms with Gasteiger partial charge in [0.05, 0.1) is 11.4 Å². The Morgan fingerprint density at radius 2 is 1.19 bits per heavy atom. The first-order valence-corrected chi connectivity index (χ1v) is 7.35. The van der Waals surface area contributed by atoms with Gasteiger partial charge >= 0.3 is 0 Å². The van der Waals surface area contributed by atoms with Crippen LogP contribution in [0.1, 0.15) is 19.3 Å². The third-order valence-electron chi connectivity index (χ3n) is 3.63. The molecule has 1 saturated heterocycles. The lowest BCUT2D eigenvalue weighted by molar-refractivity contribution is 0.155. The summed E-state index contributed by atoms with van der Waals surface area (Å²) in [4.78, 5) is 0. The van der Waals surface area contributed by atoms with Crippen molar-refractivity contribution in [2.75, 3.05) is 18.1 Å². The number of benzene rings is 2. The van der Waals surface area contributed by atoms with Crippen LogP contribution < -0.4 is 10.5 Å². The highest BCUT2D eigenvalue weighted by molar-refractivity contribution is 5.61. The van der Waals surface area contributed by atoms with Crippen LogP contribution in [0.15, 0.2) is 60.7 Å². The summed E-state index contributed by atoms with van der Waals surface area (Å²) in [5.41, 5.74) is 5.87. The fraction of sp³-hybridized carbons (Fsp3) is 0.294. The lowest BCUT2D eigenvalue weighted by atomic mass is 10.2. The van der Waals surface area contributed by atoms with E-state index >= 15 is 0 Å². The molecule has 4 nitrogen and oxygen atoms in total. The Morgan fingerprint density at radius 1 is 0.714 bits per heavy atom. The van der Waals surface area contributed by atoms with Crippen LogP contribution in [0.2, 0.25) is 0 Å². The van der Waals surface area contributed by atoms with E-state index < -0.39 is 0 Å². The number of piperidine rings is 1. The fourth-order valence-corrected chi connectivity index (χ4v) is 2.55. The van der Waals surface area contributed by atoms with Gasteiger partial charge in [0.2, 0.25) is 0 Å². The second-order valence-corrected chi connectivity index (χ2v) is 5.15. The summed E-state index contributed by atoms with van der Waals surface area (Å²) in [6.45, 7) is 2.21. The molecule has 0 spiro atoms. The van der Waals surface area contributed by atoms with Gasteiger partial charge in [0, 0.05) is 13.1 Å². The van der Waals surface area contributed by atoms with Crippen molar-refractivity contribution in [3.63, 3.8) is 0 Å². The molecule has 3 N–H and O–H groups in total. The maximum atomic E-state index is 3.56. The minimum absolute atomic E-state index is 0. The third kappa shape index (κ3) is 4.04. The van der Waals surface area contributed by atoms with Crippen LogP contribution in [-0.4, -0.2) is 23.6 Å². The molecule has 0 bridgehead atoms. The van der Waals surface area contributed by atoms with Crippen LogP contribution in [0.3, 0.4) is 0 Å². The van der Waals surface area contributed by atoms with E-state index in [4.69, 9.17) is 0 Å². The number of para-hydroxylation sites is 2. The molecule has 2 aromatic carbocycles. The Labute approximate surface area is 126 Å². The van der Waals surface area contributed by atoms with Gasteiger partial charge in [0.1, 0.15) is 0 Å². The number of nitrogens with zero attached hydrogens (tertiary/aromatic N) is 2. The van der Waals surface area contributed by atoms with E-state index in [1.54, 1.807) is 0 Å². The molecular weight excluding hydrogens is 262 g/mol. The van der Waals surface area contributed by atoms with Crippen molar-refractivity contribution < 1.29 is 5.48 Å². The third-order valence-corrected chi connectivity index (χ3v) is 3.63. The van der Waals surface area contributed by atoms with Crippen LogP contribution >= 0.6 is 0 Å². The average molecular weight is 285 g/mol. The maximum absolute atomic E-state index is 3.56. The average Bonchev–Trinajstić information content (AvgIpc) is 2.55. The molecule has 2 aromatic rings. The molecular formula is C17H23N3O. The highest BCUT2D eigenvalue weighted by Gasteiger charge is 2.15. The smallest absolute Gasteiger partial charge is 0.0591 e. The molecule has 3 rings (SSSR count). The quantitative estimate of drug-likeness (QED) is 0.879. The summed E-state index contributed by atoms with van der Waals surface area (Å²) in [6.07, 6.45) is 3.88. The Hall–Kier alpha value is -1.88. The van der Waals surface area contributed by atoms with E-state index in [0.29, 0.717) is 0 Å². The van der Waals surface area contributed by atoms with Crippen LogP contribution in [0.4, 0.5) is 11.4 Å². The Balaban J connectivity index is 0.00000161. The summed E-state index contributed by atoms with van der Waals surface area (Å²) in [7, 11) is 0. The number of hydrogen-bond donors (Lipinski definition) is 1. The Bertz CT molecular complexity index is 473. The molecule has 1 aliphatic rings. The number of hydrazine groups is 2. The van der Waals surface area contributed by atoms with Crippen molar-refractivity contribution in [1.29, 1.82) is 0 Å². The van der Waals surface area contributed by atoms with Crippen molar-refractivity contribution in [3.8, 4) is 0 Å². The van der Waals surface area contributed by atoms with Gasteiger partial charge in [-0.25, -0.2) is 5.01 Å². The van der Waals surface area contributed by atoms with Gasteiger partial charge < -0.3 is 5.48 Å². The molecule has 4 heteroatoms. The van der Waals surface area contributed by atoms with E-state index in [-0.39, 0.29) is 5.48 Å². The molecule has 0 saturated carbocycles. The van der Waals surface area contributed by atoms with Crippen LogP contribution in [0.25, 0.3) is 0 Å². The number of nitrogens with one attached hydrogen (secondary N) is 1. The molecule has 112 valence electrons. The van der Waals surface area contributed by atoms with Gasteiger partial charge in [0.25, 0.3) is 0 Å². The highest BCUT2D eigenvalue weighted by atomic mass is 16.0. The fourth-order valence-electron chi connectivity index (χ4n) is 2.55. The summed E-state index contributed by atoms with van der Waals surface area (Å²) >= 11 is 0. The van der Waals surface area contributed by atoms with Crippen molar-refractivity contribution in [1.82, 2.24) is 10.5 Å².